The smallest absolute Gasteiger partial charge is 0.192 e. The number of nitrogens with zero attached hydrogens (tertiary/aromatic N) is 2. The van der Waals surface area contributed by atoms with Gasteiger partial charge in [-0.2, -0.15) is 0 Å². The molecular formula is C13H10N2O2-2. The van der Waals surface area contributed by atoms with Crippen LogP contribution in [-0.4, -0.2) is 24.7 Å². The summed E-state index contributed by atoms with van der Waals surface area (Å²) in [5.74, 6) is -0.146. The molecule has 0 amide bonds. The second kappa shape index (κ2) is 3.73. The first-order chi connectivity index (χ1) is 8.29. The molecule has 2 aliphatic rings. The summed E-state index contributed by atoms with van der Waals surface area (Å²) in [5.41, 5.74) is 1.08. The number of fused-ring (bicyclic) bond motifs is 1. The Bertz CT molecular complexity index is 558. The van der Waals surface area contributed by atoms with E-state index in [2.05, 4.69) is 10.3 Å². The minimum absolute atomic E-state index is 0.144. The zero-order valence-corrected chi connectivity index (χ0v) is 9.14. The predicted molar refractivity (Wildman–Crippen MR) is 62.8 cm³/mol. The van der Waals surface area contributed by atoms with Crippen LogP contribution in [0.2, 0.25) is 0 Å². The van der Waals surface area contributed by atoms with Gasteiger partial charge in [-0.3, -0.25) is 4.79 Å². The average molecular weight is 226 g/mol. The number of ketones is 1. The third kappa shape index (κ3) is 1.45. The molecule has 4 nitrogen and oxygen atoms in total. The molecule has 0 saturated heterocycles. The summed E-state index contributed by atoms with van der Waals surface area (Å²) in [5, 5.41) is 16.3. The second-order valence-corrected chi connectivity index (χ2v) is 4.02. The summed E-state index contributed by atoms with van der Waals surface area (Å²) in [7, 11) is 0. The monoisotopic (exact) mass is 226 g/mol. The van der Waals surface area contributed by atoms with E-state index in [4.69, 9.17) is 0 Å². The number of hydrogen-bond donors (Lipinski definition) is 0. The van der Waals surface area contributed by atoms with Gasteiger partial charge < -0.3 is 15.4 Å². The molecule has 0 fully saturated rings. The molecule has 1 aromatic carbocycles. The number of carbonyl (C=O) groups excluding carboxylic acids is 1. The van der Waals surface area contributed by atoms with Crippen LogP contribution >= 0.6 is 0 Å². The molecule has 0 unspecified atom stereocenters. The van der Waals surface area contributed by atoms with Crippen molar-refractivity contribution in [1.29, 1.82) is 0 Å². The molecule has 1 aliphatic carbocycles. The Balaban J connectivity index is 2.11. The molecule has 0 bridgehead atoms. The topological polar surface area (TPSA) is 66.6 Å². The lowest BCUT2D eigenvalue weighted by Gasteiger charge is -2.27. The van der Waals surface area contributed by atoms with Crippen LogP contribution in [-0.2, 0) is 0 Å². The Hall–Kier alpha value is -2.10. The van der Waals surface area contributed by atoms with Crippen LogP contribution in [0.4, 0.5) is 0 Å². The highest BCUT2D eigenvalue weighted by Gasteiger charge is 2.24. The van der Waals surface area contributed by atoms with E-state index >= 15 is 0 Å². The summed E-state index contributed by atoms with van der Waals surface area (Å²) in [6, 6.07) is 6.86. The normalized spacial score (nSPS) is 18.8. The van der Waals surface area contributed by atoms with E-state index in [9.17, 15) is 9.90 Å². The third-order valence-corrected chi connectivity index (χ3v) is 2.93. The molecule has 0 spiro atoms. The molecule has 0 aromatic heterocycles. The number of Topliss-reactive ketones (excluding diaryl/α,β-unsaturated/α-hetero) is 1. The van der Waals surface area contributed by atoms with E-state index in [1.54, 1.807) is 24.3 Å². The third-order valence-electron chi connectivity index (χ3n) is 2.93. The van der Waals surface area contributed by atoms with Crippen LogP contribution in [0, 0.1) is 0 Å². The van der Waals surface area contributed by atoms with Crippen molar-refractivity contribution in [3.63, 3.8) is 0 Å². The maximum absolute atomic E-state index is 12.1. The summed E-state index contributed by atoms with van der Waals surface area (Å²) >= 11 is 0. The number of hydrogen-bond acceptors (Lipinski definition) is 3. The van der Waals surface area contributed by atoms with Crippen molar-refractivity contribution >= 4 is 17.4 Å². The second-order valence-electron chi connectivity index (χ2n) is 4.02. The maximum atomic E-state index is 12.1. The van der Waals surface area contributed by atoms with Crippen LogP contribution in [0.1, 0.15) is 22.3 Å². The van der Waals surface area contributed by atoms with Crippen LogP contribution in [0.25, 0.3) is 11.1 Å². The van der Waals surface area contributed by atoms with Gasteiger partial charge in [0, 0.05) is 11.1 Å². The molecule has 1 aromatic rings. The molecule has 0 radical (unpaired) electrons. The number of benzene rings is 1. The van der Waals surface area contributed by atoms with E-state index in [-0.39, 0.29) is 17.1 Å². The van der Waals surface area contributed by atoms with Crippen LogP contribution in [0.15, 0.2) is 34.8 Å². The van der Waals surface area contributed by atoms with E-state index in [0.717, 1.165) is 6.42 Å². The van der Waals surface area contributed by atoms with Crippen LogP contribution < -0.4 is 5.11 Å². The van der Waals surface area contributed by atoms with Crippen molar-refractivity contribution in [2.24, 2.45) is 4.99 Å². The summed E-state index contributed by atoms with van der Waals surface area (Å²) in [6.45, 7) is 1.28. The van der Waals surface area contributed by atoms with Crippen molar-refractivity contribution < 1.29 is 9.90 Å². The van der Waals surface area contributed by atoms with E-state index in [1.165, 1.54) is 0 Å². The van der Waals surface area contributed by atoms with E-state index < -0.39 is 0 Å². The minimum atomic E-state index is -0.241. The highest BCUT2D eigenvalue weighted by atomic mass is 16.3. The van der Waals surface area contributed by atoms with Crippen molar-refractivity contribution in [2.45, 2.75) is 6.42 Å². The zero-order valence-electron chi connectivity index (χ0n) is 9.14. The lowest BCUT2D eigenvalue weighted by Crippen LogP contribution is -2.17. The fraction of sp³-hybridized carbons (Fsp3) is 0.231. The largest absolute Gasteiger partial charge is 0.872 e. The van der Waals surface area contributed by atoms with Crippen molar-refractivity contribution in [2.75, 3.05) is 13.1 Å². The highest BCUT2D eigenvalue weighted by Crippen LogP contribution is 2.31. The minimum Gasteiger partial charge on any atom is -0.872 e. The lowest BCUT2D eigenvalue weighted by molar-refractivity contribution is -0.243. The fourth-order valence-electron chi connectivity index (χ4n) is 2.10. The number of rotatable bonds is 1. The van der Waals surface area contributed by atoms with Gasteiger partial charge in [0.05, 0.1) is 0 Å². The quantitative estimate of drug-likeness (QED) is 0.720. The Labute approximate surface area is 98.7 Å². The summed E-state index contributed by atoms with van der Waals surface area (Å²) in [4.78, 5) is 16.3. The van der Waals surface area contributed by atoms with Gasteiger partial charge in [-0.1, -0.05) is 55.4 Å². The number of carbonyl (C=O) groups is 1. The van der Waals surface area contributed by atoms with Gasteiger partial charge in [0.2, 0.25) is 0 Å². The predicted octanol–water partition coefficient (Wildman–Crippen LogP) is 1.13. The maximum Gasteiger partial charge on any atom is 0.192 e. The van der Waals surface area contributed by atoms with Crippen LogP contribution in [0.5, 0.6) is 0 Å². The molecule has 0 atom stereocenters. The molecule has 3 rings (SSSR count). The standard InChI is InChI=1S/C13H12N2O2/c16-11-8-4-1-2-5-9(8)12(17)10(11)13-14-6-3-7-15-13/h1-2,4-5H,3,6-7H2,(H2,14,15,16,17)/p-2. The fourth-order valence-corrected chi connectivity index (χ4v) is 2.10. The molecule has 0 N–H and O–H groups in total. The number of amidine groups is 1. The SMILES string of the molecule is O=C1C(C2=NCCC[N-]2)=C([O-])c2ccccc21. The van der Waals surface area contributed by atoms with E-state index in [1.807, 2.05) is 0 Å². The number of aliphatic imine (C=N–C) groups is 1. The van der Waals surface area contributed by atoms with Crippen molar-refractivity contribution in [1.82, 2.24) is 0 Å². The van der Waals surface area contributed by atoms with Gasteiger partial charge in [-0.15, -0.1) is 0 Å². The Morgan fingerprint density at radius 1 is 1.24 bits per heavy atom. The van der Waals surface area contributed by atoms with Crippen molar-refractivity contribution in [3.05, 3.63) is 46.3 Å². The lowest BCUT2D eigenvalue weighted by atomic mass is 10.1. The average Bonchev–Trinajstić information content (AvgIpc) is 2.64. The molecule has 0 saturated carbocycles. The first-order valence-corrected chi connectivity index (χ1v) is 5.57. The van der Waals surface area contributed by atoms with Gasteiger partial charge in [0.1, 0.15) is 0 Å². The first-order valence-electron chi connectivity index (χ1n) is 5.57. The van der Waals surface area contributed by atoms with Gasteiger partial charge in [-0.25, -0.2) is 0 Å². The van der Waals surface area contributed by atoms with Gasteiger partial charge >= 0.3 is 0 Å². The molecule has 17 heavy (non-hydrogen) atoms. The molecule has 4 heteroatoms. The van der Waals surface area contributed by atoms with Gasteiger partial charge in [0.25, 0.3) is 0 Å². The Morgan fingerprint density at radius 2 is 2.00 bits per heavy atom. The first kappa shape index (κ1) is 10.1. The summed E-state index contributed by atoms with van der Waals surface area (Å²) < 4.78 is 0. The van der Waals surface area contributed by atoms with Gasteiger partial charge in [-0.05, 0) is 5.56 Å². The Morgan fingerprint density at radius 3 is 2.65 bits per heavy atom. The van der Waals surface area contributed by atoms with Crippen molar-refractivity contribution in [3.8, 4) is 0 Å². The van der Waals surface area contributed by atoms with Gasteiger partial charge in [0.15, 0.2) is 5.78 Å². The molecule has 86 valence electrons. The van der Waals surface area contributed by atoms with Crippen LogP contribution in [0.3, 0.4) is 0 Å². The summed E-state index contributed by atoms with van der Waals surface area (Å²) in [6.07, 6.45) is 0.881. The molecule has 1 heterocycles. The zero-order chi connectivity index (χ0) is 11.8. The highest BCUT2D eigenvalue weighted by molar-refractivity contribution is 6.37. The van der Waals surface area contributed by atoms with E-state index in [0.29, 0.717) is 30.1 Å². The Kier molecular flexibility index (Phi) is 2.21. The molecule has 1 aliphatic heterocycles. The molecular weight excluding hydrogens is 216 g/mol.